The number of nitriles is 1. The predicted molar refractivity (Wildman–Crippen MR) is 117 cm³/mol. The molecule has 1 aliphatic carbocycles. The second kappa shape index (κ2) is 13.4. The van der Waals surface area contributed by atoms with Gasteiger partial charge in [-0.3, -0.25) is 0 Å². The first-order valence-corrected chi connectivity index (χ1v) is 11.1. The van der Waals surface area contributed by atoms with Crippen molar-refractivity contribution in [2.45, 2.75) is 84.0 Å². The summed E-state index contributed by atoms with van der Waals surface area (Å²) in [5.41, 5.74) is 3.02. The van der Waals surface area contributed by atoms with Crippen LogP contribution in [0.1, 0.15) is 82.3 Å². The lowest BCUT2D eigenvalue weighted by Gasteiger charge is -2.28. The first-order chi connectivity index (χ1) is 13.3. The number of unbranched alkanes of at least 4 members (excludes halogenated alkanes) is 2. The van der Waals surface area contributed by atoms with E-state index in [1.807, 2.05) is 18.2 Å². The lowest BCUT2D eigenvalue weighted by atomic mass is 9.78. The zero-order valence-electron chi connectivity index (χ0n) is 17.2. The molecule has 0 saturated heterocycles. The van der Waals surface area contributed by atoms with E-state index >= 15 is 0 Å². The van der Waals surface area contributed by atoms with Crippen LogP contribution in [0.3, 0.4) is 0 Å². The van der Waals surface area contributed by atoms with Gasteiger partial charge < -0.3 is 0 Å². The summed E-state index contributed by atoms with van der Waals surface area (Å²) in [6, 6.07) is 11.4. The Morgan fingerprint density at radius 2 is 1.52 bits per heavy atom. The Labute approximate surface area is 167 Å². The minimum Gasteiger partial charge on any atom is -0.193 e. The van der Waals surface area contributed by atoms with Gasteiger partial charge >= 0.3 is 0 Å². The van der Waals surface area contributed by atoms with Crippen LogP contribution in [0.4, 0.5) is 0 Å². The molecule has 1 saturated carbocycles. The third-order valence-electron chi connectivity index (χ3n) is 6.06. The Bertz CT molecular complexity index is 594. The first kappa shape index (κ1) is 21.5. The molecule has 0 heterocycles. The molecule has 27 heavy (non-hydrogen) atoms. The van der Waals surface area contributed by atoms with Crippen LogP contribution in [0.5, 0.6) is 0 Å². The Morgan fingerprint density at radius 3 is 2.15 bits per heavy atom. The van der Waals surface area contributed by atoms with E-state index in [-0.39, 0.29) is 0 Å². The van der Waals surface area contributed by atoms with Gasteiger partial charge in [0.2, 0.25) is 0 Å². The maximum absolute atomic E-state index is 8.45. The van der Waals surface area contributed by atoms with Crippen LogP contribution in [0.2, 0.25) is 0 Å². The smallest absolute Gasteiger partial charge is 0.0912 e. The van der Waals surface area contributed by atoms with Crippen LogP contribution in [0, 0.1) is 23.2 Å². The maximum atomic E-state index is 8.45. The minimum atomic E-state index is 0.910. The number of hydrogen-bond donors (Lipinski definition) is 0. The van der Waals surface area contributed by atoms with Crippen molar-refractivity contribution in [1.29, 1.82) is 5.26 Å². The zero-order chi connectivity index (χ0) is 19.2. The molecule has 0 aliphatic heterocycles. The van der Waals surface area contributed by atoms with Gasteiger partial charge in [0, 0.05) is 6.08 Å². The number of rotatable bonds is 11. The van der Waals surface area contributed by atoms with E-state index in [4.69, 9.17) is 5.26 Å². The Morgan fingerprint density at radius 1 is 0.889 bits per heavy atom. The highest BCUT2D eigenvalue weighted by atomic mass is 14.3. The van der Waals surface area contributed by atoms with Gasteiger partial charge in [0.25, 0.3) is 0 Å². The quantitative estimate of drug-likeness (QED) is 0.226. The molecule has 0 atom stereocenters. The molecule has 0 radical (unpaired) electrons. The fourth-order valence-electron chi connectivity index (χ4n) is 4.24. The van der Waals surface area contributed by atoms with Crippen molar-refractivity contribution in [3.63, 3.8) is 0 Å². The summed E-state index contributed by atoms with van der Waals surface area (Å²) in [6.07, 6.45) is 23.5. The van der Waals surface area contributed by atoms with Gasteiger partial charge in [-0.15, -0.1) is 0 Å². The molecule has 0 spiro atoms. The third kappa shape index (κ3) is 9.09. The van der Waals surface area contributed by atoms with Gasteiger partial charge in [-0.25, -0.2) is 0 Å². The Hall–Kier alpha value is -1.81. The Balaban J connectivity index is 1.59. The summed E-state index contributed by atoms with van der Waals surface area (Å²) < 4.78 is 0. The normalized spacial score (nSPS) is 20.3. The van der Waals surface area contributed by atoms with Crippen molar-refractivity contribution < 1.29 is 0 Å². The van der Waals surface area contributed by atoms with Crippen LogP contribution in [-0.4, -0.2) is 0 Å². The zero-order valence-corrected chi connectivity index (χ0v) is 17.2. The van der Waals surface area contributed by atoms with E-state index in [1.165, 1.54) is 87.8 Å². The molecular weight excluding hydrogens is 326 g/mol. The highest BCUT2D eigenvalue weighted by Gasteiger charge is 2.20. The van der Waals surface area contributed by atoms with Crippen LogP contribution in [0.15, 0.2) is 48.6 Å². The minimum absolute atomic E-state index is 0.910. The molecule has 1 aliphatic rings. The fraction of sp³-hybridized carbons (Fsp3) is 0.577. The van der Waals surface area contributed by atoms with Crippen molar-refractivity contribution in [1.82, 2.24) is 0 Å². The summed E-state index contributed by atoms with van der Waals surface area (Å²) >= 11 is 0. The van der Waals surface area contributed by atoms with E-state index in [0.717, 1.165) is 18.3 Å². The van der Waals surface area contributed by atoms with Crippen molar-refractivity contribution in [2.24, 2.45) is 11.8 Å². The standard InChI is InChI=1S/C26H37N/c1-2-3-7-10-23-12-16-25(17-13-23)20-21-26-18-14-24(15-19-26)11-8-5-4-6-9-22-27/h4-6,9,12-13,16-17,24,26H,2-3,7-8,10-11,14-15,18-21H2,1H3/b5-4+,9-6+/t24-,26-. The van der Waals surface area contributed by atoms with Crippen LogP contribution in [-0.2, 0) is 12.8 Å². The molecule has 1 aromatic rings. The largest absolute Gasteiger partial charge is 0.193 e. The highest BCUT2D eigenvalue weighted by molar-refractivity contribution is 5.22. The lowest BCUT2D eigenvalue weighted by molar-refractivity contribution is 0.254. The molecule has 1 heteroatoms. The predicted octanol–water partition coefficient (Wildman–Crippen LogP) is 7.57. The van der Waals surface area contributed by atoms with Gasteiger partial charge in [-0.05, 0) is 61.5 Å². The molecule has 2 rings (SSSR count). The number of aryl methyl sites for hydroxylation is 2. The number of nitrogens with zero attached hydrogens (tertiary/aromatic N) is 1. The number of benzene rings is 1. The number of hydrogen-bond acceptors (Lipinski definition) is 1. The van der Waals surface area contributed by atoms with Crippen molar-refractivity contribution in [2.75, 3.05) is 0 Å². The molecule has 1 aromatic carbocycles. The third-order valence-corrected chi connectivity index (χ3v) is 6.06. The fourth-order valence-corrected chi connectivity index (χ4v) is 4.24. The Kier molecular flexibility index (Phi) is 10.6. The molecule has 1 fully saturated rings. The van der Waals surface area contributed by atoms with E-state index in [0.29, 0.717) is 0 Å². The van der Waals surface area contributed by atoms with Gasteiger partial charge in [-0.1, -0.05) is 87.9 Å². The molecular formula is C26H37N. The topological polar surface area (TPSA) is 23.8 Å². The summed E-state index contributed by atoms with van der Waals surface area (Å²) in [7, 11) is 0. The second-order valence-corrected chi connectivity index (χ2v) is 8.19. The van der Waals surface area contributed by atoms with E-state index in [2.05, 4.69) is 37.3 Å². The molecule has 0 unspecified atom stereocenters. The van der Waals surface area contributed by atoms with Crippen molar-refractivity contribution in [3.05, 3.63) is 59.7 Å². The van der Waals surface area contributed by atoms with Gasteiger partial charge in [0.1, 0.15) is 0 Å². The molecule has 0 amide bonds. The van der Waals surface area contributed by atoms with Crippen molar-refractivity contribution in [3.8, 4) is 6.07 Å². The molecule has 146 valence electrons. The van der Waals surface area contributed by atoms with E-state index in [9.17, 15) is 0 Å². The summed E-state index contributed by atoms with van der Waals surface area (Å²) in [5.74, 6) is 1.84. The average molecular weight is 364 g/mol. The van der Waals surface area contributed by atoms with E-state index < -0.39 is 0 Å². The second-order valence-electron chi connectivity index (χ2n) is 8.19. The van der Waals surface area contributed by atoms with E-state index in [1.54, 1.807) is 0 Å². The van der Waals surface area contributed by atoms with Gasteiger partial charge in [-0.2, -0.15) is 5.26 Å². The van der Waals surface area contributed by atoms with Crippen LogP contribution < -0.4 is 0 Å². The van der Waals surface area contributed by atoms with Gasteiger partial charge in [0.15, 0.2) is 0 Å². The first-order valence-electron chi connectivity index (χ1n) is 11.1. The maximum Gasteiger partial charge on any atom is 0.0912 e. The van der Waals surface area contributed by atoms with Crippen LogP contribution in [0.25, 0.3) is 0 Å². The van der Waals surface area contributed by atoms with Crippen LogP contribution >= 0.6 is 0 Å². The van der Waals surface area contributed by atoms with Gasteiger partial charge in [0.05, 0.1) is 6.07 Å². The lowest BCUT2D eigenvalue weighted by Crippen LogP contribution is -2.15. The molecule has 0 bridgehead atoms. The molecule has 0 aromatic heterocycles. The average Bonchev–Trinajstić information content (AvgIpc) is 2.71. The summed E-state index contributed by atoms with van der Waals surface area (Å²) in [6.45, 7) is 2.27. The van der Waals surface area contributed by atoms with Crippen molar-refractivity contribution >= 4 is 0 Å². The monoisotopic (exact) mass is 363 g/mol. The summed E-state index contributed by atoms with van der Waals surface area (Å²) in [5, 5.41) is 8.45. The number of allylic oxidation sites excluding steroid dienone is 4. The SMILES string of the molecule is CCCCCc1ccc(CC[C@H]2CC[C@H](CC/C=C/C=C/C#N)CC2)cc1. The molecule has 1 nitrogen and oxygen atoms in total. The molecule has 0 N–H and O–H groups in total. The summed E-state index contributed by atoms with van der Waals surface area (Å²) in [4.78, 5) is 0. The highest BCUT2D eigenvalue weighted by Crippen LogP contribution is 2.34.